The van der Waals surface area contributed by atoms with Crippen LogP contribution in [0.2, 0.25) is 0 Å². The molecule has 0 spiro atoms. The second kappa shape index (κ2) is 4.04. The molecule has 0 atom stereocenters. The van der Waals surface area contributed by atoms with E-state index in [1.807, 2.05) is 0 Å². The molecule has 0 aliphatic rings. The monoisotopic (exact) mass is 234 g/mol. The number of rotatable bonds is 1. The minimum Gasteiger partial charge on any atom is -0.444 e. The van der Waals surface area contributed by atoms with Gasteiger partial charge in [0.1, 0.15) is 11.3 Å². The Balaban J connectivity index is 2.16. The van der Waals surface area contributed by atoms with Crippen molar-refractivity contribution in [2.45, 2.75) is 26.4 Å². The molecule has 0 aromatic carbocycles. The van der Waals surface area contributed by atoms with Crippen molar-refractivity contribution in [3.63, 3.8) is 0 Å². The standard InChI is InChI=1S/C11H14N4O2/c1-11(2,3)17-10(16)14-8-7-13-15-6-4-5-12-9(8)15/h4-7H,1-3H3,(H,14,16). The number of ether oxygens (including phenoxy) is 1. The second-order valence-corrected chi connectivity index (χ2v) is 4.57. The average molecular weight is 234 g/mol. The van der Waals surface area contributed by atoms with Crippen molar-refractivity contribution in [2.24, 2.45) is 0 Å². The van der Waals surface area contributed by atoms with Crippen LogP contribution in [0.25, 0.3) is 5.65 Å². The average Bonchev–Trinajstić information content (AvgIpc) is 2.59. The van der Waals surface area contributed by atoms with Gasteiger partial charge in [0.05, 0.1) is 6.20 Å². The Morgan fingerprint density at radius 3 is 2.94 bits per heavy atom. The topological polar surface area (TPSA) is 68.5 Å². The van der Waals surface area contributed by atoms with Crippen LogP contribution in [-0.2, 0) is 4.74 Å². The van der Waals surface area contributed by atoms with Gasteiger partial charge in [-0.3, -0.25) is 5.32 Å². The number of hydrogen-bond acceptors (Lipinski definition) is 4. The molecule has 0 fully saturated rings. The molecule has 6 nitrogen and oxygen atoms in total. The highest BCUT2D eigenvalue weighted by Gasteiger charge is 2.17. The summed E-state index contributed by atoms with van der Waals surface area (Å²) in [7, 11) is 0. The van der Waals surface area contributed by atoms with E-state index < -0.39 is 11.7 Å². The van der Waals surface area contributed by atoms with Crippen LogP contribution in [0.4, 0.5) is 10.5 Å². The SMILES string of the molecule is CC(C)(C)OC(=O)Nc1cnn2cccnc12. The largest absolute Gasteiger partial charge is 0.444 e. The summed E-state index contributed by atoms with van der Waals surface area (Å²) in [6.45, 7) is 5.42. The number of nitrogens with one attached hydrogen (secondary N) is 1. The van der Waals surface area contributed by atoms with Crippen LogP contribution >= 0.6 is 0 Å². The number of aromatic nitrogens is 3. The molecule has 1 N–H and O–H groups in total. The molecule has 2 aromatic rings. The predicted octanol–water partition coefficient (Wildman–Crippen LogP) is 2.08. The molecule has 0 aliphatic carbocycles. The molecule has 90 valence electrons. The summed E-state index contributed by atoms with van der Waals surface area (Å²) in [4.78, 5) is 15.7. The van der Waals surface area contributed by atoms with Gasteiger partial charge in [-0.05, 0) is 26.8 Å². The molecule has 17 heavy (non-hydrogen) atoms. The molecule has 0 aliphatic heterocycles. The number of fused-ring (bicyclic) bond motifs is 1. The van der Waals surface area contributed by atoms with Gasteiger partial charge in [-0.25, -0.2) is 14.3 Å². The normalized spacial score (nSPS) is 11.5. The predicted molar refractivity (Wildman–Crippen MR) is 62.8 cm³/mol. The third kappa shape index (κ3) is 2.72. The summed E-state index contributed by atoms with van der Waals surface area (Å²) in [5.41, 5.74) is 0.582. The maximum absolute atomic E-state index is 11.6. The zero-order chi connectivity index (χ0) is 12.5. The van der Waals surface area contributed by atoms with Gasteiger partial charge >= 0.3 is 6.09 Å². The lowest BCUT2D eigenvalue weighted by molar-refractivity contribution is 0.0636. The molecule has 0 radical (unpaired) electrons. The molecular weight excluding hydrogens is 220 g/mol. The molecule has 1 amide bonds. The molecule has 6 heteroatoms. The Bertz CT molecular complexity index is 542. The third-order valence-electron chi connectivity index (χ3n) is 1.91. The molecule has 2 rings (SSSR count). The summed E-state index contributed by atoms with van der Waals surface area (Å²) < 4.78 is 6.72. The lowest BCUT2D eigenvalue weighted by atomic mass is 10.2. The van der Waals surface area contributed by atoms with Crippen LogP contribution in [-0.4, -0.2) is 26.3 Å². The van der Waals surface area contributed by atoms with Crippen molar-refractivity contribution in [3.05, 3.63) is 24.7 Å². The van der Waals surface area contributed by atoms with Gasteiger partial charge < -0.3 is 4.74 Å². The van der Waals surface area contributed by atoms with Crippen LogP contribution in [0.3, 0.4) is 0 Å². The Labute approximate surface area is 98.6 Å². The molecular formula is C11H14N4O2. The van der Waals surface area contributed by atoms with Crippen LogP contribution in [0.5, 0.6) is 0 Å². The first-order chi connectivity index (χ1) is 7.96. The van der Waals surface area contributed by atoms with Gasteiger partial charge in [0.25, 0.3) is 0 Å². The molecule has 2 heterocycles. The van der Waals surface area contributed by atoms with E-state index >= 15 is 0 Å². The van der Waals surface area contributed by atoms with E-state index in [2.05, 4.69) is 15.4 Å². The van der Waals surface area contributed by atoms with Crippen molar-refractivity contribution in [1.82, 2.24) is 14.6 Å². The Morgan fingerprint density at radius 1 is 1.47 bits per heavy atom. The Hall–Kier alpha value is -2.11. The maximum Gasteiger partial charge on any atom is 0.412 e. The fourth-order valence-corrected chi connectivity index (χ4v) is 1.33. The Morgan fingerprint density at radius 2 is 2.24 bits per heavy atom. The second-order valence-electron chi connectivity index (χ2n) is 4.57. The van der Waals surface area contributed by atoms with Crippen molar-refractivity contribution >= 4 is 17.4 Å². The van der Waals surface area contributed by atoms with Crippen molar-refractivity contribution < 1.29 is 9.53 Å². The van der Waals surface area contributed by atoms with Gasteiger partial charge in [0.15, 0.2) is 5.65 Å². The number of carbonyl (C=O) groups is 1. The van der Waals surface area contributed by atoms with Gasteiger partial charge in [-0.2, -0.15) is 5.10 Å². The molecule has 0 bridgehead atoms. The van der Waals surface area contributed by atoms with Gasteiger partial charge in [-0.15, -0.1) is 0 Å². The minimum absolute atomic E-state index is 0.516. The van der Waals surface area contributed by atoms with Crippen molar-refractivity contribution in [2.75, 3.05) is 5.32 Å². The molecule has 2 aromatic heterocycles. The first-order valence-corrected chi connectivity index (χ1v) is 5.24. The minimum atomic E-state index is -0.527. The highest BCUT2D eigenvalue weighted by Crippen LogP contribution is 2.15. The van der Waals surface area contributed by atoms with E-state index in [4.69, 9.17) is 4.74 Å². The number of amides is 1. The summed E-state index contributed by atoms with van der Waals surface area (Å²) >= 11 is 0. The summed E-state index contributed by atoms with van der Waals surface area (Å²) in [6.07, 6.45) is 4.41. The van der Waals surface area contributed by atoms with Crippen molar-refractivity contribution in [3.8, 4) is 0 Å². The lowest BCUT2D eigenvalue weighted by Gasteiger charge is -2.19. The molecule has 0 saturated heterocycles. The fourth-order valence-electron chi connectivity index (χ4n) is 1.33. The summed E-state index contributed by atoms with van der Waals surface area (Å²) in [5, 5.41) is 6.67. The quantitative estimate of drug-likeness (QED) is 0.820. The zero-order valence-corrected chi connectivity index (χ0v) is 9.97. The van der Waals surface area contributed by atoms with E-state index in [9.17, 15) is 4.79 Å². The number of nitrogens with zero attached hydrogens (tertiary/aromatic N) is 3. The van der Waals surface area contributed by atoms with Gasteiger partial charge in [0.2, 0.25) is 0 Å². The highest BCUT2D eigenvalue weighted by atomic mass is 16.6. The lowest BCUT2D eigenvalue weighted by Crippen LogP contribution is -2.27. The van der Waals surface area contributed by atoms with E-state index in [0.717, 1.165) is 0 Å². The van der Waals surface area contributed by atoms with Gasteiger partial charge in [0, 0.05) is 12.4 Å². The van der Waals surface area contributed by atoms with Crippen molar-refractivity contribution in [1.29, 1.82) is 0 Å². The summed E-state index contributed by atoms with van der Waals surface area (Å²) in [6, 6.07) is 1.76. The van der Waals surface area contributed by atoms with E-state index in [1.54, 1.807) is 43.7 Å². The van der Waals surface area contributed by atoms with Crippen LogP contribution in [0.15, 0.2) is 24.7 Å². The van der Waals surface area contributed by atoms with Crippen LogP contribution < -0.4 is 5.32 Å². The number of carbonyl (C=O) groups excluding carboxylic acids is 1. The maximum atomic E-state index is 11.6. The van der Waals surface area contributed by atoms with Crippen LogP contribution in [0, 0.1) is 0 Å². The molecule has 0 saturated carbocycles. The Kier molecular flexibility index (Phi) is 2.71. The highest BCUT2D eigenvalue weighted by molar-refractivity contribution is 5.89. The van der Waals surface area contributed by atoms with Gasteiger partial charge in [-0.1, -0.05) is 0 Å². The molecule has 0 unspecified atom stereocenters. The van der Waals surface area contributed by atoms with E-state index in [1.165, 1.54) is 6.20 Å². The van der Waals surface area contributed by atoms with Crippen LogP contribution in [0.1, 0.15) is 20.8 Å². The first-order valence-electron chi connectivity index (χ1n) is 5.24. The number of hydrogen-bond donors (Lipinski definition) is 1. The van der Waals surface area contributed by atoms with E-state index in [0.29, 0.717) is 11.3 Å². The number of anilines is 1. The van der Waals surface area contributed by atoms with E-state index in [-0.39, 0.29) is 0 Å². The smallest absolute Gasteiger partial charge is 0.412 e. The first kappa shape index (κ1) is 11.4. The third-order valence-corrected chi connectivity index (χ3v) is 1.91. The fraction of sp³-hybridized carbons (Fsp3) is 0.364. The summed E-state index contributed by atoms with van der Waals surface area (Å²) in [5.74, 6) is 0. The zero-order valence-electron chi connectivity index (χ0n) is 9.97.